The van der Waals surface area contributed by atoms with Gasteiger partial charge in [-0.1, -0.05) is 0 Å². The number of likely N-dealkylation sites (N-methyl/N-ethyl adjacent to an activating group) is 1. The highest BCUT2D eigenvalue weighted by Crippen LogP contribution is 2.32. The molecule has 1 aromatic heterocycles. The average molecular weight is 179 g/mol. The quantitative estimate of drug-likeness (QED) is 0.752. The third kappa shape index (κ3) is 2.10. The van der Waals surface area contributed by atoms with Crippen LogP contribution >= 0.6 is 0 Å². The standard InChI is InChI=1S/C10H17N3/c1-8-5-12-13(6-8)7-10(11-2)9-3-4-9/h5-6,9-11H,3-4,7H2,1-2H3. The Morgan fingerprint density at radius 1 is 1.69 bits per heavy atom. The summed E-state index contributed by atoms with van der Waals surface area (Å²) in [6.45, 7) is 3.09. The average Bonchev–Trinajstić information content (AvgIpc) is 2.87. The molecule has 0 saturated heterocycles. The van der Waals surface area contributed by atoms with Crippen molar-refractivity contribution >= 4 is 0 Å². The predicted octanol–water partition coefficient (Wildman–Crippen LogP) is 1.19. The lowest BCUT2D eigenvalue weighted by Crippen LogP contribution is -2.32. The first-order valence-electron chi connectivity index (χ1n) is 4.96. The van der Waals surface area contributed by atoms with Gasteiger partial charge in [-0.2, -0.15) is 5.10 Å². The molecule has 3 nitrogen and oxygen atoms in total. The number of aryl methyl sites for hydroxylation is 1. The molecular formula is C10H17N3. The van der Waals surface area contributed by atoms with Crippen molar-refractivity contribution in [1.29, 1.82) is 0 Å². The van der Waals surface area contributed by atoms with Gasteiger partial charge >= 0.3 is 0 Å². The van der Waals surface area contributed by atoms with Gasteiger partial charge in [-0.25, -0.2) is 0 Å². The molecule has 1 heterocycles. The van der Waals surface area contributed by atoms with Gasteiger partial charge < -0.3 is 5.32 Å². The monoisotopic (exact) mass is 179 g/mol. The maximum atomic E-state index is 4.29. The molecule has 1 atom stereocenters. The van der Waals surface area contributed by atoms with Crippen molar-refractivity contribution < 1.29 is 0 Å². The summed E-state index contributed by atoms with van der Waals surface area (Å²) in [6, 6.07) is 0.610. The molecule has 1 fully saturated rings. The second-order valence-corrected chi connectivity index (χ2v) is 3.97. The summed E-state index contributed by atoms with van der Waals surface area (Å²) in [7, 11) is 2.04. The lowest BCUT2D eigenvalue weighted by Gasteiger charge is -2.14. The fraction of sp³-hybridized carbons (Fsp3) is 0.700. The van der Waals surface area contributed by atoms with Gasteiger partial charge in [0.2, 0.25) is 0 Å². The topological polar surface area (TPSA) is 29.9 Å². The SMILES string of the molecule is CNC(Cn1cc(C)cn1)C1CC1. The van der Waals surface area contributed by atoms with E-state index in [-0.39, 0.29) is 0 Å². The summed E-state index contributed by atoms with van der Waals surface area (Å²) in [6.07, 6.45) is 6.78. The number of hydrogen-bond donors (Lipinski definition) is 1. The van der Waals surface area contributed by atoms with Crippen LogP contribution in [0.5, 0.6) is 0 Å². The van der Waals surface area contributed by atoms with Gasteiger partial charge in [0.05, 0.1) is 12.7 Å². The van der Waals surface area contributed by atoms with Gasteiger partial charge in [0.25, 0.3) is 0 Å². The molecule has 13 heavy (non-hydrogen) atoms. The summed E-state index contributed by atoms with van der Waals surface area (Å²) in [4.78, 5) is 0. The van der Waals surface area contributed by atoms with E-state index in [0.29, 0.717) is 6.04 Å². The summed E-state index contributed by atoms with van der Waals surface area (Å²) in [5.41, 5.74) is 1.24. The first-order chi connectivity index (χ1) is 6.29. The van der Waals surface area contributed by atoms with E-state index < -0.39 is 0 Å². The normalized spacial score (nSPS) is 18.9. The van der Waals surface area contributed by atoms with Crippen LogP contribution < -0.4 is 5.32 Å². The van der Waals surface area contributed by atoms with Crippen molar-refractivity contribution in [3.8, 4) is 0 Å². The highest BCUT2D eigenvalue weighted by Gasteiger charge is 2.30. The van der Waals surface area contributed by atoms with Crippen LogP contribution in [0.25, 0.3) is 0 Å². The van der Waals surface area contributed by atoms with Crippen LogP contribution in [0.15, 0.2) is 12.4 Å². The molecule has 2 rings (SSSR count). The number of aromatic nitrogens is 2. The number of hydrogen-bond acceptors (Lipinski definition) is 2. The summed E-state index contributed by atoms with van der Waals surface area (Å²) >= 11 is 0. The second kappa shape index (κ2) is 3.50. The zero-order valence-corrected chi connectivity index (χ0v) is 8.33. The molecule has 0 radical (unpaired) electrons. The number of nitrogens with zero attached hydrogens (tertiary/aromatic N) is 2. The minimum atomic E-state index is 0.610. The van der Waals surface area contributed by atoms with Crippen LogP contribution in [0.4, 0.5) is 0 Å². The van der Waals surface area contributed by atoms with Crippen molar-refractivity contribution in [3.05, 3.63) is 18.0 Å². The Morgan fingerprint density at radius 3 is 2.92 bits per heavy atom. The van der Waals surface area contributed by atoms with Gasteiger partial charge in [-0.05, 0) is 38.3 Å². The molecular weight excluding hydrogens is 162 g/mol. The molecule has 1 aliphatic rings. The van der Waals surface area contributed by atoms with Crippen LogP contribution in [0.2, 0.25) is 0 Å². The number of rotatable bonds is 4. The van der Waals surface area contributed by atoms with Gasteiger partial charge in [0.15, 0.2) is 0 Å². The van der Waals surface area contributed by atoms with Gasteiger partial charge in [0, 0.05) is 12.2 Å². The minimum Gasteiger partial charge on any atom is -0.315 e. The first-order valence-corrected chi connectivity index (χ1v) is 4.96. The van der Waals surface area contributed by atoms with E-state index >= 15 is 0 Å². The maximum Gasteiger partial charge on any atom is 0.0565 e. The smallest absolute Gasteiger partial charge is 0.0565 e. The largest absolute Gasteiger partial charge is 0.315 e. The molecule has 0 aromatic carbocycles. The molecule has 0 bridgehead atoms. The van der Waals surface area contributed by atoms with Gasteiger partial charge in [-0.15, -0.1) is 0 Å². The van der Waals surface area contributed by atoms with E-state index in [4.69, 9.17) is 0 Å². The fourth-order valence-electron chi connectivity index (χ4n) is 1.74. The van der Waals surface area contributed by atoms with Crippen molar-refractivity contribution in [3.63, 3.8) is 0 Å². The van der Waals surface area contributed by atoms with Gasteiger partial charge in [0.1, 0.15) is 0 Å². The Kier molecular flexibility index (Phi) is 2.36. The molecule has 72 valence electrons. The Hall–Kier alpha value is -0.830. The highest BCUT2D eigenvalue weighted by molar-refractivity contribution is 5.00. The third-order valence-electron chi connectivity index (χ3n) is 2.71. The maximum absolute atomic E-state index is 4.29. The second-order valence-electron chi connectivity index (χ2n) is 3.97. The lowest BCUT2D eigenvalue weighted by atomic mass is 10.2. The van der Waals surface area contributed by atoms with E-state index in [1.165, 1.54) is 18.4 Å². The lowest BCUT2D eigenvalue weighted by molar-refractivity contribution is 0.414. The zero-order valence-electron chi connectivity index (χ0n) is 8.33. The Morgan fingerprint density at radius 2 is 2.46 bits per heavy atom. The molecule has 0 amide bonds. The molecule has 0 aliphatic heterocycles. The molecule has 1 N–H and O–H groups in total. The molecule has 3 heteroatoms. The van der Waals surface area contributed by atoms with Crippen LogP contribution in [0, 0.1) is 12.8 Å². The highest BCUT2D eigenvalue weighted by atomic mass is 15.3. The summed E-state index contributed by atoms with van der Waals surface area (Å²) in [5.74, 6) is 0.884. The fourth-order valence-corrected chi connectivity index (χ4v) is 1.74. The minimum absolute atomic E-state index is 0.610. The molecule has 1 saturated carbocycles. The van der Waals surface area contributed by atoms with Crippen LogP contribution in [-0.4, -0.2) is 22.9 Å². The van der Waals surface area contributed by atoms with Crippen LogP contribution in [0.3, 0.4) is 0 Å². The van der Waals surface area contributed by atoms with Crippen LogP contribution in [-0.2, 0) is 6.54 Å². The van der Waals surface area contributed by atoms with Crippen molar-refractivity contribution in [2.24, 2.45) is 5.92 Å². The molecule has 0 spiro atoms. The Balaban J connectivity index is 1.95. The van der Waals surface area contributed by atoms with Crippen molar-refractivity contribution in [1.82, 2.24) is 15.1 Å². The van der Waals surface area contributed by atoms with E-state index in [1.54, 1.807) is 0 Å². The Labute approximate surface area is 79.1 Å². The van der Waals surface area contributed by atoms with Crippen molar-refractivity contribution in [2.45, 2.75) is 32.4 Å². The zero-order chi connectivity index (χ0) is 9.26. The van der Waals surface area contributed by atoms with E-state index in [0.717, 1.165) is 12.5 Å². The van der Waals surface area contributed by atoms with E-state index in [9.17, 15) is 0 Å². The van der Waals surface area contributed by atoms with E-state index in [1.807, 2.05) is 17.9 Å². The molecule has 1 aliphatic carbocycles. The first kappa shape index (κ1) is 8.75. The number of nitrogens with one attached hydrogen (secondary N) is 1. The predicted molar refractivity (Wildman–Crippen MR) is 52.5 cm³/mol. The van der Waals surface area contributed by atoms with Crippen molar-refractivity contribution in [2.75, 3.05) is 7.05 Å². The Bertz CT molecular complexity index is 275. The summed E-state index contributed by atoms with van der Waals surface area (Å²) in [5, 5.41) is 7.65. The summed E-state index contributed by atoms with van der Waals surface area (Å²) < 4.78 is 2.04. The molecule has 1 aromatic rings. The van der Waals surface area contributed by atoms with E-state index in [2.05, 4.69) is 23.5 Å². The molecule has 1 unspecified atom stereocenters. The van der Waals surface area contributed by atoms with Gasteiger partial charge in [-0.3, -0.25) is 4.68 Å². The third-order valence-corrected chi connectivity index (χ3v) is 2.71. The van der Waals surface area contributed by atoms with Crippen LogP contribution in [0.1, 0.15) is 18.4 Å².